The fourth-order valence-corrected chi connectivity index (χ4v) is 1.53. The summed E-state index contributed by atoms with van der Waals surface area (Å²) < 4.78 is 48.6. The molecule has 0 spiro atoms. The van der Waals surface area contributed by atoms with Crippen molar-refractivity contribution in [3.05, 3.63) is 16.1 Å². The molecule has 0 unspecified atom stereocenters. The number of thiazole rings is 1. The first-order valence-electron chi connectivity index (χ1n) is 4.45. The molecule has 9 heteroatoms. The minimum atomic E-state index is -4.25. The molecule has 1 amide bonds. The van der Waals surface area contributed by atoms with E-state index in [-0.39, 0.29) is 12.2 Å². The first-order valence-corrected chi connectivity index (χ1v) is 5.33. The maximum Gasteiger partial charge on any atom is 0.324 e. The van der Waals surface area contributed by atoms with Crippen LogP contribution in [0.15, 0.2) is 5.38 Å². The van der Waals surface area contributed by atoms with Gasteiger partial charge in [-0.25, -0.2) is 13.8 Å². The van der Waals surface area contributed by atoms with Crippen molar-refractivity contribution in [1.82, 2.24) is 10.3 Å². The van der Waals surface area contributed by atoms with Crippen LogP contribution in [0.2, 0.25) is 0 Å². The number of amides is 1. The van der Waals surface area contributed by atoms with Gasteiger partial charge in [-0.15, -0.1) is 11.3 Å². The van der Waals surface area contributed by atoms with Crippen molar-refractivity contribution >= 4 is 17.2 Å². The number of carbonyl (C=O) groups is 1. The van der Waals surface area contributed by atoms with Gasteiger partial charge in [-0.05, 0) is 0 Å². The van der Waals surface area contributed by atoms with Crippen LogP contribution in [-0.2, 0) is 6.54 Å². The summed E-state index contributed by atoms with van der Waals surface area (Å²) in [7, 11) is 0. The highest BCUT2D eigenvalue weighted by atomic mass is 32.1. The Hall–Kier alpha value is -1.22. The molecular weight excluding hydrogens is 262 g/mol. The van der Waals surface area contributed by atoms with Crippen LogP contribution in [0.5, 0.6) is 0 Å². The standard InChI is InChI=1S/C8H9F4N3OS/c9-7(10)8(11,12)3-14-6(16)4-2-17-5(1-13)15-4/h2,7H,1,3,13H2,(H,14,16). The monoisotopic (exact) mass is 271 g/mol. The summed E-state index contributed by atoms with van der Waals surface area (Å²) in [6.45, 7) is -1.32. The zero-order valence-electron chi connectivity index (χ0n) is 8.42. The Morgan fingerprint density at radius 1 is 1.59 bits per heavy atom. The van der Waals surface area contributed by atoms with Gasteiger partial charge in [0.05, 0.1) is 6.54 Å². The molecule has 4 nitrogen and oxygen atoms in total. The molecule has 0 atom stereocenters. The number of hydrogen-bond donors (Lipinski definition) is 2. The van der Waals surface area contributed by atoms with Crippen molar-refractivity contribution in [2.75, 3.05) is 6.54 Å². The topological polar surface area (TPSA) is 68.0 Å². The summed E-state index contributed by atoms with van der Waals surface area (Å²) in [6.07, 6.45) is -3.82. The minimum absolute atomic E-state index is 0.111. The Morgan fingerprint density at radius 2 is 2.24 bits per heavy atom. The zero-order chi connectivity index (χ0) is 13.1. The summed E-state index contributed by atoms with van der Waals surface area (Å²) >= 11 is 1.08. The molecule has 3 N–H and O–H groups in total. The highest BCUT2D eigenvalue weighted by molar-refractivity contribution is 7.09. The van der Waals surface area contributed by atoms with Crippen LogP contribution in [0.25, 0.3) is 0 Å². The maximum absolute atomic E-state index is 12.5. The molecule has 0 saturated heterocycles. The molecule has 17 heavy (non-hydrogen) atoms. The molecule has 0 aromatic carbocycles. The predicted molar refractivity (Wildman–Crippen MR) is 53.3 cm³/mol. The van der Waals surface area contributed by atoms with Gasteiger partial charge in [0.25, 0.3) is 5.91 Å². The van der Waals surface area contributed by atoms with Gasteiger partial charge in [-0.1, -0.05) is 0 Å². The van der Waals surface area contributed by atoms with Gasteiger partial charge in [0.2, 0.25) is 0 Å². The van der Waals surface area contributed by atoms with Crippen molar-refractivity contribution in [3.63, 3.8) is 0 Å². The Balaban J connectivity index is 2.56. The van der Waals surface area contributed by atoms with E-state index in [0.29, 0.717) is 5.01 Å². The van der Waals surface area contributed by atoms with Crippen molar-refractivity contribution in [2.45, 2.75) is 18.9 Å². The molecule has 1 rings (SSSR count). The lowest BCUT2D eigenvalue weighted by Crippen LogP contribution is -2.41. The molecule has 0 radical (unpaired) electrons. The molecule has 96 valence electrons. The lowest BCUT2D eigenvalue weighted by atomic mass is 10.3. The van der Waals surface area contributed by atoms with Crippen LogP contribution in [0.3, 0.4) is 0 Å². The van der Waals surface area contributed by atoms with Crippen molar-refractivity contribution in [3.8, 4) is 0 Å². The summed E-state index contributed by atoms with van der Waals surface area (Å²) in [4.78, 5) is 15.0. The van der Waals surface area contributed by atoms with Gasteiger partial charge in [0, 0.05) is 11.9 Å². The Labute approximate surface area is 97.8 Å². The number of nitrogens with zero attached hydrogens (tertiary/aromatic N) is 1. The molecular formula is C8H9F4N3OS. The number of rotatable bonds is 5. The van der Waals surface area contributed by atoms with E-state index in [9.17, 15) is 22.4 Å². The van der Waals surface area contributed by atoms with Gasteiger partial charge in [-0.2, -0.15) is 8.78 Å². The van der Waals surface area contributed by atoms with Crippen molar-refractivity contribution < 1.29 is 22.4 Å². The predicted octanol–water partition coefficient (Wildman–Crippen LogP) is 1.23. The molecule has 0 fully saturated rings. The fraction of sp³-hybridized carbons (Fsp3) is 0.500. The number of halogens is 4. The van der Waals surface area contributed by atoms with Crippen LogP contribution in [0.4, 0.5) is 17.6 Å². The van der Waals surface area contributed by atoms with E-state index >= 15 is 0 Å². The van der Waals surface area contributed by atoms with E-state index in [1.807, 2.05) is 0 Å². The second kappa shape index (κ2) is 5.41. The molecule has 1 aromatic heterocycles. The number of nitrogens with one attached hydrogen (secondary N) is 1. The van der Waals surface area contributed by atoms with Crippen LogP contribution in [-0.4, -0.2) is 29.8 Å². The van der Waals surface area contributed by atoms with E-state index in [0.717, 1.165) is 11.3 Å². The normalized spacial score (nSPS) is 11.9. The maximum atomic E-state index is 12.5. The van der Waals surface area contributed by atoms with E-state index in [1.54, 1.807) is 5.32 Å². The van der Waals surface area contributed by atoms with Crippen LogP contribution >= 0.6 is 11.3 Å². The second-order valence-electron chi connectivity index (χ2n) is 3.08. The summed E-state index contributed by atoms with van der Waals surface area (Å²) in [5.74, 6) is -5.18. The van der Waals surface area contributed by atoms with E-state index in [2.05, 4.69) is 4.98 Å². The molecule has 0 saturated carbocycles. The lowest BCUT2D eigenvalue weighted by Gasteiger charge is -2.15. The lowest BCUT2D eigenvalue weighted by molar-refractivity contribution is -0.123. The Morgan fingerprint density at radius 3 is 2.71 bits per heavy atom. The van der Waals surface area contributed by atoms with Gasteiger partial charge in [-0.3, -0.25) is 4.79 Å². The second-order valence-corrected chi connectivity index (χ2v) is 4.02. The summed E-state index contributed by atoms with van der Waals surface area (Å²) in [5, 5.41) is 3.46. The smallest absolute Gasteiger partial charge is 0.324 e. The molecule has 0 aliphatic rings. The molecule has 1 aromatic rings. The third kappa shape index (κ3) is 3.63. The summed E-state index contributed by atoms with van der Waals surface area (Å²) in [6, 6.07) is 0. The first-order chi connectivity index (χ1) is 7.86. The zero-order valence-corrected chi connectivity index (χ0v) is 9.24. The quantitative estimate of drug-likeness (QED) is 0.791. The Kier molecular flexibility index (Phi) is 4.40. The van der Waals surface area contributed by atoms with E-state index < -0.39 is 24.8 Å². The number of hydrogen-bond acceptors (Lipinski definition) is 4. The SMILES string of the molecule is NCc1nc(C(=O)NCC(F)(F)C(F)F)cs1. The number of aromatic nitrogens is 1. The third-order valence-electron chi connectivity index (χ3n) is 1.76. The van der Waals surface area contributed by atoms with Crippen LogP contribution in [0, 0.1) is 0 Å². The average molecular weight is 271 g/mol. The minimum Gasteiger partial charge on any atom is -0.344 e. The summed E-state index contributed by atoms with van der Waals surface area (Å²) in [5.41, 5.74) is 5.13. The van der Waals surface area contributed by atoms with Crippen molar-refractivity contribution in [2.24, 2.45) is 5.73 Å². The van der Waals surface area contributed by atoms with Gasteiger partial charge in [0.15, 0.2) is 0 Å². The van der Waals surface area contributed by atoms with Gasteiger partial charge < -0.3 is 11.1 Å². The molecule has 0 aliphatic carbocycles. The largest absolute Gasteiger partial charge is 0.344 e. The van der Waals surface area contributed by atoms with E-state index in [4.69, 9.17) is 5.73 Å². The first kappa shape index (κ1) is 13.8. The fourth-order valence-electron chi connectivity index (χ4n) is 0.875. The Bertz CT molecular complexity index is 396. The van der Waals surface area contributed by atoms with E-state index in [1.165, 1.54) is 5.38 Å². The average Bonchev–Trinajstić information content (AvgIpc) is 2.74. The van der Waals surface area contributed by atoms with Crippen LogP contribution in [0.1, 0.15) is 15.5 Å². The molecule has 0 aliphatic heterocycles. The number of carbonyl (C=O) groups excluding carboxylic acids is 1. The highest BCUT2D eigenvalue weighted by Gasteiger charge is 2.40. The van der Waals surface area contributed by atoms with Gasteiger partial charge in [0.1, 0.15) is 10.7 Å². The molecule has 0 bridgehead atoms. The third-order valence-corrected chi connectivity index (χ3v) is 2.63. The van der Waals surface area contributed by atoms with Crippen LogP contribution < -0.4 is 11.1 Å². The number of nitrogens with two attached hydrogens (primary N) is 1. The highest BCUT2D eigenvalue weighted by Crippen LogP contribution is 2.21. The van der Waals surface area contributed by atoms with Gasteiger partial charge >= 0.3 is 12.3 Å². The molecule has 1 heterocycles. The van der Waals surface area contributed by atoms with Crippen molar-refractivity contribution in [1.29, 1.82) is 0 Å². The number of alkyl halides is 4.